The van der Waals surface area contributed by atoms with E-state index in [2.05, 4.69) is 16.0 Å². The molecule has 3 aliphatic rings. The molecule has 0 radical (unpaired) electrons. The van der Waals surface area contributed by atoms with Crippen molar-refractivity contribution in [1.82, 2.24) is 20.9 Å². The Morgan fingerprint density at radius 3 is 2.77 bits per heavy atom. The van der Waals surface area contributed by atoms with Gasteiger partial charge in [-0.25, -0.2) is 4.39 Å². The summed E-state index contributed by atoms with van der Waals surface area (Å²) < 4.78 is 14.1. The van der Waals surface area contributed by atoms with Crippen molar-refractivity contribution in [2.24, 2.45) is 0 Å². The van der Waals surface area contributed by atoms with Gasteiger partial charge in [0.2, 0.25) is 11.8 Å². The van der Waals surface area contributed by atoms with Crippen molar-refractivity contribution >= 4 is 17.7 Å². The van der Waals surface area contributed by atoms with Crippen LogP contribution in [-0.2, 0) is 22.7 Å². The topological polar surface area (TPSA) is 90.5 Å². The van der Waals surface area contributed by atoms with Gasteiger partial charge in [-0.2, -0.15) is 0 Å². The third-order valence-corrected chi connectivity index (χ3v) is 5.32. The third kappa shape index (κ3) is 2.99. The fourth-order valence-corrected chi connectivity index (χ4v) is 3.76. The van der Waals surface area contributed by atoms with E-state index < -0.39 is 17.6 Å². The van der Waals surface area contributed by atoms with E-state index in [0.717, 1.165) is 11.1 Å². The van der Waals surface area contributed by atoms with E-state index >= 15 is 0 Å². The van der Waals surface area contributed by atoms with E-state index in [1.807, 2.05) is 6.07 Å². The van der Waals surface area contributed by atoms with Crippen LogP contribution in [0.3, 0.4) is 0 Å². The first-order valence-electron chi connectivity index (χ1n) is 8.83. The van der Waals surface area contributed by atoms with Crippen LogP contribution in [0.5, 0.6) is 0 Å². The quantitative estimate of drug-likeness (QED) is 0.636. The second-order valence-electron chi connectivity index (χ2n) is 7.20. The summed E-state index contributed by atoms with van der Waals surface area (Å²) in [7, 11) is 0. The summed E-state index contributed by atoms with van der Waals surface area (Å²) in [5.41, 5.74) is 1.18. The second-order valence-corrected chi connectivity index (χ2v) is 7.20. The van der Waals surface area contributed by atoms with Crippen LogP contribution in [-0.4, -0.2) is 54.0 Å². The fraction of sp³-hybridized carbons (Fsp3) is 0.500. The van der Waals surface area contributed by atoms with Crippen molar-refractivity contribution in [1.29, 1.82) is 0 Å². The number of hydrogen-bond acceptors (Lipinski definition) is 5. The van der Waals surface area contributed by atoms with Gasteiger partial charge in [-0.1, -0.05) is 12.1 Å². The highest BCUT2D eigenvalue weighted by atomic mass is 19.1. The molecule has 138 valence electrons. The number of imide groups is 1. The smallest absolute Gasteiger partial charge is 0.255 e. The van der Waals surface area contributed by atoms with Gasteiger partial charge in [0.1, 0.15) is 11.7 Å². The van der Waals surface area contributed by atoms with Crippen LogP contribution in [0.2, 0.25) is 0 Å². The van der Waals surface area contributed by atoms with Crippen molar-refractivity contribution < 1.29 is 18.8 Å². The standard InChI is InChI=1S/C18H21FN4O3/c19-18(9-21-10-18)8-20-6-11-2-1-3-12-13(11)7-23(17(12)26)14-4-5-15(24)22-16(14)25/h1-3,14,20-21H,4-10H2,(H,22,24,25). The summed E-state index contributed by atoms with van der Waals surface area (Å²) in [6.45, 7) is 1.77. The average Bonchev–Trinajstić information content (AvgIpc) is 2.91. The molecule has 2 saturated heterocycles. The van der Waals surface area contributed by atoms with E-state index in [9.17, 15) is 18.8 Å². The van der Waals surface area contributed by atoms with Crippen LogP contribution < -0.4 is 16.0 Å². The van der Waals surface area contributed by atoms with Gasteiger partial charge in [0.05, 0.1) is 0 Å². The highest BCUT2D eigenvalue weighted by Gasteiger charge is 2.40. The molecule has 2 fully saturated rings. The second kappa shape index (κ2) is 6.44. The summed E-state index contributed by atoms with van der Waals surface area (Å²) in [4.78, 5) is 37.7. The fourth-order valence-electron chi connectivity index (χ4n) is 3.76. The number of carbonyl (C=O) groups is 3. The molecule has 0 bridgehead atoms. The lowest BCUT2D eigenvalue weighted by molar-refractivity contribution is -0.136. The number of nitrogens with zero attached hydrogens (tertiary/aromatic N) is 1. The zero-order chi connectivity index (χ0) is 18.3. The molecular formula is C18H21FN4O3. The van der Waals surface area contributed by atoms with Gasteiger partial charge in [-0.05, 0) is 23.6 Å². The van der Waals surface area contributed by atoms with Gasteiger partial charge >= 0.3 is 0 Å². The van der Waals surface area contributed by atoms with Gasteiger partial charge in [0.25, 0.3) is 5.91 Å². The molecule has 1 aromatic rings. The zero-order valence-corrected chi connectivity index (χ0v) is 14.3. The number of carbonyl (C=O) groups excluding carboxylic acids is 3. The molecule has 3 N–H and O–H groups in total. The van der Waals surface area contributed by atoms with E-state index in [-0.39, 0.29) is 24.8 Å². The number of benzene rings is 1. The number of amides is 3. The molecule has 0 spiro atoms. The maximum absolute atomic E-state index is 14.1. The maximum Gasteiger partial charge on any atom is 0.255 e. The zero-order valence-electron chi connectivity index (χ0n) is 14.3. The molecular weight excluding hydrogens is 339 g/mol. The van der Waals surface area contributed by atoms with Crippen molar-refractivity contribution in [2.75, 3.05) is 19.6 Å². The molecule has 3 aliphatic heterocycles. The molecule has 1 unspecified atom stereocenters. The highest BCUT2D eigenvalue weighted by molar-refractivity contribution is 6.05. The van der Waals surface area contributed by atoms with Crippen molar-refractivity contribution in [3.8, 4) is 0 Å². The molecule has 8 heteroatoms. The van der Waals surface area contributed by atoms with E-state index in [1.54, 1.807) is 12.1 Å². The van der Waals surface area contributed by atoms with Gasteiger partial charge in [-0.3, -0.25) is 19.7 Å². The molecule has 0 aliphatic carbocycles. The van der Waals surface area contributed by atoms with Crippen molar-refractivity contribution in [3.63, 3.8) is 0 Å². The summed E-state index contributed by atoms with van der Waals surface area (Å²) in [6.07, 6.45) is 0.576. The first-order chi connectivity index (χ1) is 12.5. The average molecular weight is 360 g/mol. The van der Waals surface area contributed by atoms with E-state index in [4.69, 9.17) is 0 Å². The minimum Gasteiger partial charge on any atom is -0.322 e. The van der Waals surface area contributed by atoms with E-state index in [1.165, 1.54) is 4.90 Å². The Hall–Kier alpha value is -2.32. The first kappa shape index (κ1) is 17.1. The molecule has 4 rings (SSSR count). The largest absolute Gasteiger partial charge is 0.322 e. The summed E-state index contributed by atoms with van der Waals surface area (Å²) in [5, 5.41) is 8.35. The van der Waals surface area contributed by atoms with Crippen LogP contribution >= 0.6 is 0 Å². The van der Waals surface area contributed by atoms with Crippen molar-refractivity contribution in [3.05, 3.63) is 34.9 Å². The number of piperidine rings is 1. The molecule has 0 aromatic heterocycles. The first-order valence-corrected chi connectivity index (χ1v) is 8.83. The third-order valence-electron chi connectivity index (χ3n) is 5.32. The minimum atomic E-state index is -1.20. The molecule has 0 saturated carbocycles. The molecule has 26 heavy (non-hydrogen) atoms. The summed E-state index contributed by atoms with van der Waals surface area (Å²) in [5.74, 6) is -0.911. The Bertz CT molecular complexity index is 778. The number of hydrogen-bond donors (Lipinski definition) is 3. The van der Waals surface area contributed by atoms with Crippen LogP contribution in [0.25, 0.3) is 0 Å². The van der Waals surface area contributed by atoms with Crippen LogP contribution in [0, 0.1) is 0 Å². The Balaban J connectivity index is 1.47. The lowest BCUT2D eigenvalue weighted by atomic mass is 9.99. The van der Waals surface area contributed by atoms with E-state index in [0.29, 0.717) is 38.2 Å². The Morgan fingerprint density at radius 1 is 1.27 bits per heavy atom. The Morgan fingerprint density at radius 2 is 2.08 bits per heavy atom. The van der Waals surface area contributed by atoms with Gasteiger partial charge in [0.15, 0.2) is 0 Å². The van der Waals surface area contributed by atoms with Crippen LogP contribution in [0.1, 0.15) is 34.3 Å². The molecule has 3 amide bonds. The molecule has 1 aromatic carbocycles. The summed E-state index contributed by atoms with van der Waals surface area (Å²) >= 11 is 0. The molecule has 3 heterocycles. The predicted octanol–water partition coefficient (Wildman–Crippen LogP) is -0.151. The maximum atomic E-state index is 14.1. The molecule has 7 nitrogen and oxygen atoms in total. The van der Waals surface area contributed by atoms with Gasteiger partial charge in [0, 0.05) is 44.7 Å². The number of halogens is 1. The number of fused-ring (bicyclic) bond motifs is 1. The summed E-state index contributed by atoms with van der Waals surface area (Å²) in [6, 6.07) is 4.84. The number of alkyl halides is 1. The lowest BCUT2D eigenvalue weighted by Gasteiger charge is -2.35. The Labute approximate surface area is 150 Å². The highest BCUT2D eigenvalue weighted by Crippen LogP contribution is 2.30. The molecule has 1 atom stereocenters. The minimum absolute atomic E-state index is 0.193. The normalized spacial score (nSPS) is 24.3. The number of nitrogens with one attached hydrogen (secondary N) is 3. The van der Waals surface area contributed by atoms with Crippen LogP contribution in [0.15, 0.2) is 18.2 Å². The monoisotopic (exact) mass is 360 g/mol. The number of rotatable bonds is 5. The van der Waals surface area contributed by atoms with Gasteiger partial charge in [-0.15, -0.1) is 0 Å². The SMILES string of the molecule is O=C1CCC(N2Cc3c(CNCC4(F)CNC4)cccc3C2=O)C(=O)N1. The van der Waals surface area contributed by atoms with Gasteiger partial charge < -0.3 is 15.5 Å². The Kier molecular flexibility index (Phi) is 4.24. The predicted molar refractivity (Wildman–Crippen MR) is 90.9 cm³/mol. The lowest BCUT2D eigenvalue weighted by Crippen LogP contribution is -2.61. The van der Waals surface area contributed by atoms with Crippen LogP contribution in [0.4, 0.5) is 4.39 Å². The van der Waals surface area contributed by atoms with Crippen molar-refractivity contribution in [2.45, 2.75) is 37.6 Å².